The van der Waals surface area contributed by atoms with Crippen molar-refractivity contribution in [3.8, 4) is 0 Å². The zero-order valence-corrected chi connectivity index (χ0v) is 15.9. The molecule has 1 amide bonds. The Kier molecular flexibility index (Phi) is 3.98. The van der Waals surface area contributed by atoms with Crippen molar-refractivity contribution < 1.29 is 4.79 Å². The molecule has 1 aliphatic heterocycles. The lowest BCUT2D eigenvalue weighted by atomic mass is 9.81. The molecule has 2 atom stereocenters. The standard InChI is InChI=1S/C19H19BrN2OS/c1-22-17(23)19(21-18(22)24,14-6-3-7-16(20)11-14)15-9-8-12-4-2-5-13(12)10-15/h3,6-11,18,21,24H,2,4-5H2,1H3. The quantitative estimate of drug-likeness (QED) is 0.753. The number of carbonyl (C=O) groups is 1. The molecule has 0 bridgehead atoms. The average Bonchev–Trinajstić information content (AvgIpc) is 3.13. The van der Waals surface area contributed by atoms with Gasteiger partial charge in [-0.1, -0.05) is 46.3 Å². The second-order valence-corrected chi connectivity index (χ2v) is 7.94. The maximum Gasteiger partial charge on any atom is 0.253 e. The van der Waals surface area contributed by atoms with Gasteiger partial charge in [0.1, 0.15) is 5.50 Å². The summed E-state index contributed by atoms with van der Waals surface area (Å²) in [6.07, 6.45) is 3.42. The summed E-state index contributed by atoms with van der Waals surface area (Å²) in [7, 11) is 1.79. The van der Waals surface area contributed by atoms with Gasteiger partial charge in [-0.15, -0.1) is 12.6 Å². The molecule has 0 aromatic heterocycles. The number of thiol groups is 1. The Hall–Kier alpha value is -1.30. The zero-order valence-electron chi connectivity index (χ0n) is 13.4. The van der Waals surface area contributed by atoms with Crippen LogP contribution >= 0.6 is 28.6 Å². The molecule has 0 radical (unpaired) electrons. The third-order valence-electron chi connectivity index (χ3n) is 5.14. The number of nitrogens with zero attached hydrogens (tertiary/aromatic N) is 1. The lowest BCUT2D eigenvalue weighted by Gasteiger charge is -2.29. The van der Waals surface area contributed by atoms with Crippen LogP contribution in [0.2, 0.25) is 0 Å². The smallest absolute Gasteiger partial charge is 0.253 e. The van der Waals surface area contributed by atoms with E-state index in [1.165, 1.54) is 17.5 Å². The lowest BCUT2D eigenvalue weighted by Crippen LogP contribution is -2.45. The number of amides is 1. The molecule has 124 valence electrons. The van der Waals surface area contributed by atoms with Gasteiger partial charge in [-0.25, -0.2) is 0 Å². The molecule has 1 saturated heterocycles. The van der Waals surface area contributed by atoms with Gasteiger partial charge in [0.15, 0.2) is 5.54 Å². The van der Waals surface area contributed by atoms with Crippen LogP contribution in [0.3, 0.4) is 0 Å². The average molecular weight is 403 g/mol. The first-order valence-corrected chi connectivity index (χ1v) is 9.44. The summed E-state index contributed by atoms with van der Waals surface area (Å²) < 4.78 is 0.959. The van der Waals surface area contributed by atoms with Crippen molar-refractivity contribution in [2.75, 3.05) is 7.05 Å². The number of carbonyl (C=O) groups excluding carboxylic acids is 1. The molecule has 1 N–H and O–H groups in total. The zero-order chi connectivity index (χ0) is 16.9. The van der Waals surface area contributed by atoms with E-state index in [1.807, 2.05) is 24.3 Å². The number of nitrogens with one attached hydrogen (secondary N) is 1. The number of benzene rings is 2. The third-order valence-corrected chi connectivity index (χ3v) is 6.11. The summed E-state index contributed by atoms with van der Waals surface area (Å²) in [6, 6.07) is 14.4. The van der Waals surface area contributed by atoms with Crippen molar-refractivity contribution >= 4 is 34.5 Å². The number of aryl methyl sites for hydroxylation is 2. The maximum atomic E-state index is 13.2. The molecule has 3 nitrogen and oxygen atoms in total. The fourth-order valence-corrected chi connectivity index (χ4v) is 4.53. The Morgan fingerprint density at radius 2 is 1.92 bits per heavy atom. The van der Waals surface area contributed by atoms with Gasteiger partial charge in [0.2, 0.25) is 0 Å². The number of fused-ring (bicyclic) bond motifs is 1. The molecule has 1 heterocycles. The first-order valence-electron chi connectivity index (χ1n) is 8.14. The van der Waals surface area contributed by atoms with E-state index >= 15 is 0 Å². The topological polar surface area (TPSA) is 32.3 Å². The Labute approximate surface area is 156 Å². The fourth-order valence-electron chi connectivity index (χ4n) is 3.83. The predicted molar refractivity (Wildman–Crippen MR) is 102 cm³/mol. The molecule has 4 rings (SSSR count). The minimum atomic E-state index is -0.886. The van der Waals surface area contributed by atoms with Crippen LogP contribution in [0.4, 0.5) is 0 Å². The summed E-state index contributed by atoms with van der Waals surface area (Å²) >= 11 is 8.08. The molecule has 2 aromatic rings. The summed E-state index contributed by atoms with van der Waals surface area (Å²) in [5.74, 6) is 0.0264. The number of hydrogen-bond acceptors (Lipinski definition) is 3. The van der Waals surface area contributed by atoms with E-state index in [2.05, 4.69) is 52.1 Å². The van der Waals surface area contributed by atoms with Gasteiger partial charge in [0, 0.05) is 11.5 Å². The molecule has 24 heavy (non-hydrogen) atoms. The molecule has 1 fully saturated rings. The normalized spacial score (nSPS) is 26.0. The fraction of sp³-hybridized carbons (Fsp3) is 0.316. The van der Waals surface area contributed by atoms with Crippen LogP contribution in [-0.2, 0) is 23.2 Å². The molecule has 2 aliphatic rings. The van der Waals surface area contributed by atoms with Crippen molar-refractivity contribution in [1.82, 2.24) is 10.2 Å². The van der Waals surface area contributed by atoms with E-state index < -0.39 is 5.54 Å². The molecular weight excluding hydrogens is 384 g/mol. The summed E-state index contributed by atoms with van der Waals surface area (Å²) in [5.41, 5.74) is 3.50. The first kappa shape index (κ1) is 16.2. The Balaban J connectivity index is 1.93. The van der Waals surface area contributed by atoms with Crippen LogP contribution in [-0.4, -0.2) is 23.4 Å². The number of likely N-dealkylation sites (N-methyl/N-ethyl adjacent to an activating group) is 1. The van der Waals surface area contributed by atoms with Crippen molar-refractivity contribution in [2.24, 2.45) is 0 Å². The molecule has 0 saturated carbocycles. The molecular formula is C19H19BrN2OS. The van der Waals surface area contributed by atoms with Crippen LogP contribution in [0, 0.1) is 0 Å². The highest BCUT2D eigenvalue weighted by atomic mass is 79.9. The molecule has 2 unspecified atom stereocenters. The monoisotopic (exact) mass is 402 g/mol. The van der Waals surface area contributed by atoms with Crippen LogP contribution in [0.25, 0.3) is 0 Å². The predicted octanol–water partition coefficient (Wildman–Crippen LogP) is 3.46. The van der Waals surface area contributed by atoms with Crippen LogP contribution < -0.4 is 5.32 Å². The summed E-state index contributed by atoms with van der Waals surface area (Å²) in [5, 5.41) is 3.44. The van der Waals surface area contributed by atoms with Crippen molar-refractivity contribution in [1.29, 1.82) is 0 Å². The van der Waals surface area contributed by atoms with E-state index in [4.69, 9.17) is 0 Å². The Bertz CT molecular complexity index is 825. The van der Waals surface area contributed by atoms with Crippen LogP contribution in [0.1, 0.15) is 28.7 Å². The van der Waals surface area contributed by atoms with Gasteiger partial charge in [-0.3, -0.25) is 10.1 Å². The molecule has 5 heteroatoms. The minimum Gasteiger partial charge on any atom is -0.319 e. The Morgan fingerprint density at radius 1 is 1.17 bits per heavy atom. The maximum absolute atomic E-state index is 13.2. The third kappa shape index (κ3) is 2.33. The second kappa shape index (κ2) is 5.90. The van der Waals surface area contributed by atoms with E-state index in [-0.39, 0.29) is 11.4 Å². The van der Waals surface area contributed by atoms with E-state index in [0.717, 1.165) is 28.4 Å². The lowest BCUT2D eigenvalue weighted by molar-refractivity contribution is -0.130. The van der Waals surface area contributed by atoms with Gasteiger partial charge in [-0.05, 0) is 53.6 Å². The van der Waals surface area contributed by atoms with E-state index in [9.17, 15) is 4.79 Å². The number of rotatable bonds is 2. The SMILES string of the molecule is CN1C(=O)C(c2cccc(Br)c2)(c2ccc3c(c2)CCC3)NC1S. The van der Waals surface area contributed by atoms with Gasteiger partial charge in [0.05, 0.1) is 0 Å². The summed E-state index contributed by atoms with van der Waals surface area (Å²) in [6.45, 7) is 0. The van der Waals surface area contributed by atoms with Crippen LogP contribution in [0.5, 0.6) is 0 Å². The molecule has 1 aliphatic carbocycles. The number of halogens is 1. The summed E-state index contributed by atoms with van der Waals surface area (Å²) in [4.78, 5) is 14.9. The largest absolute Gasteiger partial charge is 0.319 e. The highest BCUT2D eigenvalue weighted by molar-refractivity contribution is 9.10. The highest BCUT2D eigenvalue weighted by Crippen LogP contribution is 2.40. The molecule has 2 aromatic carbocycles. The molecule has 0 spiro atoms. The number of hydrogen-bond donors (Lipinski definition) is 2. The van der Waals surface area contributed by atoms with E-state index in [0.29, 0.717) is 0 Å². The first-order chi connectivity index (χ1) is 11.5. The van der Waals surface area contributed by atoms with Crippen molar-refractivity contribution in [3.05, 3.63) is 69.2 Å². The van der Waals surface area contributed by atoms with Gasteiger partial charge >= 0.3 is 0 Å². The second-order valence-electron chi connectivity index (χ2n) is 6.53. The van der Waals surface area contributed by atoms with Crippen LogP contribution in [0.15, 0.2) is 46.9 Å². The Morgan fingerprint density at radius 3 is 2.62 bits per heavy atom. The van der Waals surface area contributed by atoms with Crippen molar-refractivity contribution in [3.63, 3.8) is 0 Å². The minimum absolute atomic E-state index is 0.0264. The highest BCUT2D eigenvalue weighted by Gasteiger charge is 2.51. The van der Waals surface area contributed by atoms with Crippen molar-refractivity contribution in [2.45, 2.75) is 30.3 Å². The van der Waals surface area contributed by atoms with Gasteiger partial charge < -0.3 is 4.90 Å². The van der Waals surface area contributed by atoms with Gasteiger partial charge in [0.25, 0.3) is 5.91 Å². The van der Waals surface area contributed by atoms with Gasteiger partial charge in [-0.2, -0.15) is 0 Å². The van der Waals surface area contributed by atoms with E-state index in [1.54, 1.807) is 11.9 Å².